The van der Waals surface area contributed by atoms with E-state index in [4.69, 9.17) is 10.5 Å². The van der Waals surface area contributed by atoms with Crippen LogP contribution in [-0.2, 0) is 6.54 Å². The number of nitrogens with zero attached hydrogens (tertiary/aromatic N) is 2. The van der Waals surface area contributed by atoms with Gasteiger partial charge in [0.2, 0.25) is 0 Å². The van der Waals surface area contributed by atoms with Crippen LogP contribution in [0.4, 0.5) is 0 Å². The quantitative estimate of drug-likeness (QED) is 0.851. The van der Waals surface area contributed by atoms with E-state index in [2.05, 4.69) is 4.98 Å². The third kappa shape index (κ3) is 2.94. The van der Waals surface area contributed by atoms with Crippen LogP contribution in [0.2, 0.25) is 0 Å². The standard InChI is InChI=1S/C14H19N3O2/c1-10(18)9-17-8-7-16-14(17)13(15)11-5-3-4-6-12(11)19-2/h3-8,10,13,18H,9,15H2,1-2H3. The molecule has 2 rings (SSSR count). The normalized spacial score (nSPS) is 14.1. The van der Waals surface area contributed by atoms with Crippen LogP contribution in [0, 0.1) is 0 Å². The summed E-state index contributed by atoms with van der Waals surface area (Å²) >= 11 is 0. The van der Waals surface area contributed by atoms with E-state index in [-0.39, 0.29) is 6.04 Å². The summed E-state index contributed by atoms with van der Waals surface area (Å²) in [6.07, 6.45) is 3.06. The van der Waals surface area contributed by atoms with Crippen LogP contribution in [0.25, 0.3) is 0 Å². The van der Waals surface area contributed by atoms with Gasteiger partial charge in [0.1, 0.15) is 11.6 Å². The van der Waals surface area contributed by atoms with Crippen molar-refractivity contribution < 1.29 is 9.84 Å². The zero-order valence-electron chi connectivity index (χ0n) is 11.2. The van der Waals surface area contributed by atoms with Crippen LogP contribution in [0.15, 0.2) is 36.7 Å². The maximum atomic E-state index is 9.49. The summed E-state index contributed by atoms with van der Waals surface area (Å²) in [6.45, 7) is 2.20. The van der Waals surface area contributed by atoms with Crippen LogP contribution >= 0.6 is 0 Å². The molecule has 2 atom stereocenters. The van der Waals surface area contributed by atoms with Crippen LogP contribution in [-0.4, -0.2) is 27.9 Å². The molecule has 0 radical (unpaired) electrons. The molecule has 0 saturated heterocycles. The van der Waals surface area contributed by atoms with Crippen molar-refractivity contribution in [3.8, 4) is 5.75 Å². The first-order chi connectivity index (χ1) is 9.13. The van der Waals surface area contributed by atoms with Crippen LogP contribution < -0.4 is 10.5 Å². The number of aliphatic hydroxyl groups excluding tert-OH is 1. The highest BCUT2D eigenvalue weighted by Gasteiger charge is 2.18. The molecule has 102 valence electrons. The molecule has 0 bridgehead atoms. The van der Waals surface area contributed by atoms with Gasteiger partial charge in [0.15, 0.2) is 0 Å². The Morgan fingerprint density at radius 2 is 2.16 bits per heavy atom. The Balaban J connectivity index is 2.33. The number of aliphatic hydroxyl groups is 1. The summed E-state index contributed by atoms with van der Waals surface area (Å²) in [6, 6.07) is 7.23. The fourth-order valence-corrected chi connectivity index (χ4v) is 2.10. The number of imidazole rings is 1. The number of benzene rings is 1. The number of para-hydroxylation sites is 1. The molecule has 2 unspecified atom stereocenters. The molecular formula is C14H19N3O2. The molecule has 2 aromatic rings. The highest BCUT2D eigenvalue weighted by Crippen LogP contribution is 2.27. The smallest absolute Gasteiger partial charge is 0.130 e. The third-order valence-corrected chi connectivity index (χ3v) is 2.96. The molecule has 0 aliphatic rings. The molecular weight excluding hydrogens is 242 g/mol. The van der Waals surface area contributed by atoms with Crippen molar-refractivity contribution in [3.63, 3.8) is 0 Å². The molecule has 0 aliphatic carbocycles. The van der Waals surface area contributed by atoms with Crippen molar-refractivity contribution in [1.29, 1.82) is 0 Å². The van der Waals surface area contributed by atoms with Crippen LogP contribution in [0.5, 0.6) is 5.75 Å². The number of methoxy groups -OCH3 is 1. The maximum absolute atomic E-state index is 9.49. The summed E-state index contributed by atoms with van der Waals surface area (Å²) in [5, 5.41) is 9.49. The average molecular weight is 261 g/mol. The predicted octanol–water partition coefficient (Wildman–Crippen LogP) is 1.32. The first-order valence-electron chi connectivity index (χ1n) is 6.21. The number of hydrogen-bond donors (Lipinski definition) is 2. The van der Waals surface area contributed by atoms with Gasteiger partial charge in [-0.3, -0.25) is 0 Å². The minimum Gasteiger partial charge on any atom is -0.496 e. The summed E-state index contributed by atoms with van der Waals surface area (Å²) in [4.78, 5) is 4.29. The van der Waals surface area contributed by atoms with E-state index in [0.29, 0.717) is 12.4 Å². The Hall–Kier alpha value is -1.85. The van der Waals surface area contributed by atoms with Gasteiger partial charge in [-0.05, 0) is 13.0 Å². The van der Waals surface area contributed by atoms with Gasteiger partial charge in [-0.15, -0.1) is 0 Å². The summed E-state index contributed by atoms with van der Waals surface area (Å²) in [7, 11) is 1.62. The molecule has 5 heteroatoms. The number of aromatic nitrogens is 2. The second kappa shape index (κ2) is 5.86. The van der Waals surface area contributed by atoms with Crippen LogP contribution in [0.3, 0.4) is 0 Å². The Morgan fingerprint density at radius 1 is 1.42 bits per heavy atom. The fourth-order valence-electron chi connectivity index (χ4n) is 2.10. The highest BCUT2D eigenvalue weighted by atomic mass is 16.5. The van der Waals surface area contributed by atoms with Gasteiger partial charge in [0.05, 0.1) is 19.3 Å². The molecule has 19 heavy (non-hydrogen) atoms. The first-order valence-corrected chi connectivity index (χ1v) is 6.21. The van der Waals surface area contributed by atoms with Gasteiger partial charge in [0, 0.05) is 24.5 Å². The van der Waals surface area contributed by atoms with Gasteiger partial charge >= 0.3 is 0 Å². The topological polar surface area (TPSA) is 73.3 Å². The van der Waals surface area contributed by atoms with Crippen molar-refractivity contribution in [2.24, 2.45) is 5.73 Å². The van der Waals surface area contributed by atoms with E-state index in [1.165, 1.54) is 0 Å². The lowest BCUT2D eigenvalue weighted by atomic mass is 10.1. The van der Waals surface area contributed by atoms with Gasteiger partial charge in [-0.2, -0.15) is 0 Å². The summed E-state index contributed by atoms with van der Waals surface area (Å²) in [5.41, 5.74) is 7.15. The molecule has 0 spiro atoms. The summed E-state index contributed by atoms with van der Waals surface area (Å²) < 4.78 is 7.18. The monoisotopic (exact) mass is 261 g/mol. The largest absolute Gasteiger partial charge is 0.496 e. The third-order valence-electron chi connectivity index (χ3n) is 2.96. The van der Waals surface area contributed by atoms with Crippen molar-refractivity contribution in [1.82, 2.24) is 9.55 Å². The minimum atomic E-state index is -0.446. The second-order valence-corrected chi connectivity index (χ2v) is 4.51. The molecule has 0 saturated carbocycles. The van der Waals surface area contributed by atoms with Crippen molar-refractivity contribution in [2.45, 2.75) is 25.6 Å². The van der Waals surface area contributed by atoms with Gasteiger partial charge in [-0.1, -0.05) is 18.2 Å². The Labute approximate surface area is 112 Å². The number of nitrogens with two attached hydrogens (primary N) is 1. The number of ether oxygens (including phenoxy) is 1. The molecule has 0 aliphatic heterocycles. The molecule has 1 heterocycles. The Bertz CT molecular complexity index is 537. The highest BCUT2D eigenvalue weighted by molar-refractivity contribution is 5.38. The summed E-state index contributed by atoms with van der Waals surface area (Å²) in [5.74, 6) is 1.45. The van der Waals surface area contributed by atoms with E-state index < -0.39 is 6.10 Å². The lowest BCUT2D eigenvalue weighted by Crippen LogP contribution is -2.21. The van der Waals surface area contributed by atoms with Crippen molar-refractivity contribution >= 4 is 0 Å². The van der Waals surface area contributed by atoms with E-state index in [9.17, 15) is 5.11 Å². The SMILES string of the molecule is COc1ccccc1C(N)c1nccn1CC(C)O. The van der Waals surface area contributed by atoms with Crippen molar-refractivity contribution in [2.75, 3.05) is 7.11 Å². The molecule has 5 nitrogen and oxygen atoms in total. The fraction of sp³-hybridized carbons (Fsp3) is 0.357. The van der Waals surface area contributed by atoms with E-state index in [1.54, 1.807) is 20.2 Å². The minimum absolute atomic E-state index is 0.384. The van der Waals surface area contributed by atoms with E-state index in [1.807, 2.05) is 35.0 Å². The zero-order valence-corrected chi connectivity index (χ0v) is 11.2. The molecule has 3 N–H and O–H groups in total. The van der Waals surface area contributed by atoms with Gasteiger partial charge < -0.3 is 20.1 Å². The molecule has 1 aromatic carbocycles. The lowest BCUT2D eigenvalue weighted by molar-refractivity contribution is 0.172. The second-order valence-electron chi connectivity index (χ2n) is 4.51. The molecule has 1 aromatic heterocycles. The van der Waals surface area contributed by atoms with E-state index in [0.717, 1.165) is 11.3 Å². The first kappa shape index (κ1) is 13.6. The Morgan fingerprint density at radius 3 is 2.84 bits per heavy atom. The molecule has 0 amide bonds. The number of hydrogen-bond acceptors (Lipinski definition) is 4. The van der Waals surface area contributed by atoms with Crippen molar-refractivity contribution in [3.05, 3.63) is 48.0 Å². The van der Waals surface area contributed by atoms with E-state index >= 15 is 0 Å². The van der Waals surface area contributed by atoms with Crippen LogP contribution in [0.1, 0.15) is 24.4 Å². The predicted molar refractivity (Wildman–Crippen MR) is 72.9 cm³/mol. The van der Waals surface area contributed by atoms with Gasteiger partial charge in [-0.25, -0.2) is 4.98 Å². The molecule has 0 fully saturated rings. The lowest BCUT2D eigenvalue weighted by Gasteiger charge is -2.17. The number of rotatable bonds is 5. The maximum Gasteiger partial charge on any atom is 0.130 e. The Kier molecular flexibility index (Phi) is 4.19. The van der Waals surface area contributed by atoms with Gasteiger partial charge in [0.25, 0.3) is 0 Å². The zero-order chi connectivity index (χ0) is 13.8. The average Bonchev–Trinajstić information content (AvgIpc) is 2.85.